The summed E-state index contributed by atoms with van der Waals surface area (Å²) in [4.78, 5) is 34.0. The van der Waals surface area contributed by atoms with E-state index in [4.69, 9.17) is 16.7 Å². The smallest absolute Gasteiger partial charge is 0.240 e. The third-order valence-corrected chi connectivity index (χ3v) is 9.33. The van der Waals surface area contributed by atoms with Crippen LogP contribution in [0.1, 0.15) is 27.6 Å². The second kappa shape index (κ2) is 11.9. The molecule has 0 saturated heterocycles. The van der Waals surface area contributed by atoms with Crippen LogP contribution in [-0.4, -0.2) is 38.9 Å². The van der Waals surface area contributed by atoms with Gasteiger partial charge in [-0.2, -0.15) is 5.10 Å². The molecule has 0 radical (unpaired) electrons. The number of rotatable bonds is 7. The van der Waals surface area contributed by atoms with Gasteiger partial charge in [-0.25, -0.2) is 4.68 Å². The van der Waals surface area contributed by atoms with Crippen LogP contribution >= 0.6 is 34.7 Å². The summed E-state index contributed by atoms with van der Waals surface area (Å²) in [5.74, 6) is 0.295. The molecule has 1 unspecified atom stereocenters. The molecule has 7 nitrogen and oxygen atoms in total. The van der Waals surface area contributed by atoms with Crippen molar-refractivity contribution in [3.05, 3.63) is 118 Å². The minimum Gasteiger partial charge on any atom is -0.349 e. The molecule has 41 heavy (non-hydrogen) atoms. The molecule has 1 N–H and O–H groups in total. The van der Waals surface area contributed by atoms with Gasteiger partial charge in [0.15, 0.2) is 0 Å². The number of nitrogens with zero attached hydrogens (tertiary/aromatic N) is 4. The maximum Gasteiger partial charge on any atom is 0.240 e. The third-order valence-electron chi connectivity index (χ3n) is 6.87. The number of aromatic nitrogens is 3. The van der Waals surface area contributed by atoms with Crippen molar-refractivity contribution >= 4 is 52.3 Å². The number of carbonyl (C=O) groups is 2. The van der Waals surface area contributed by atoms with Crippen molar-refractivity contribution in [2.24, 2.45) is 0 Å². The lowest BCUT2D eigenvalue weighted by atomic mass is 10.0. The molecule has 1 atom stereocenters. The largest absolute Gasteiger partial charge is 0.349 e. The second-order valence-electron chi connectivity index (χ2n) is 9.55. The number of thiophene rings is 1. The molecule has 10 heteroatoms. The van der Waals surface area contributed by atoms with E-state index in [1.165, 1.54) is 11.8 Å². The highest BCUT2D eigenvalue weighted by Crippen LogP contribution is 2.50. The molecule has 0 aliphatic carbocycles. The normalized spacial score (nSPS) is 14.9. The van der Waals surface area contributed by atoms with Gasteiger partial charge in [0, 0.05) is 16.8 Å². The fourth-order valence-corrected chi connectivity index (χ4v) is 7.17. The van der Waals surface area contributed by atoms with Gasteiger partial charge in [-0.1, -0.05) is 60.1 Å². The summed E-state index contributed by atoms with van der Waals surface area (Å²) in [6, 6.07) is 25.2. The molecule has 5 aromatic rings. The van der Waals surface area contributed by atoms with Crippen LogP contribution in [0.5, 0.6) is 0 Å². The molecular formula is C31H26ClN5O2S2. The van der Waals surface area contributed by atoms with Crippen molar-refractivity contribution in [3.8, 4) is 16.3 Å². The molecule has 0 saturated carbocycles. The van der Waals surface area contributed by atoms with E-state index >= 15 is 0 Å². The molecule has 2 amide bonds. The van der Waals surface area contributed by atoms with Crippen LogP contribution < -0.4 is 10.2 Å². The fraction of sp³-hybridized carbons (Fsp3) is 0.161. The number of para-hydroxylation sites is 1. The predicted molar refractivity (Wildman–Crippen MR) is 166 cm³/mol. The molecule has 1 aliphatic heterocycles. The molecule has 0 bridgehead atoms. The van der Waals surface area contributed by atoms with Crippen LogP contribution in [0.15, 0.2) is 90.4 Å². The van der Waals surface area contributed by atoms with Gasteiger partial charge in [0.25, 0.3) is 0 Å². The lowest BCUT2D eigenvalue weighted by molar-refractivity contribution is -0.123. The van der Waals surface area contributed by atoms with Gasteiger partial charge in [-0.3, -0.25) is 19.5 Å². The zero-order valence-corrected chi connectivity index (χ0v) is 24.5. The molecule has 2 aromatic carbocycles. The number of aryl methyl sites for hydroxylation is 1. The molecule has 6 rings (SSSR count). The average Bonchev–Trinajstić information content (AvgIpc) is 3.63. The van der Waals surface area contributed by atoms with Gasteiger partial charge < -0.3 is 5.32 Å². The first kappa shape index (κ1) is 27.3. The maximum absolute atomic E-state index is 13.9. The number of halogens is 1. The molecule has 3 aromatic heterocycles. The Balaban J connectivity index is 1.52. The van der Waals surface area contributed by atoms with Crippen LogP contribution in [0.3, 0.4) is 0 Å². The average molecular weight is 600 g/mol. The molecule has 0 spiro atoms. The van der Waals surface area contributed by atoms with Gasteiger partial charge in [-0.15, -0.1) is 23.1 Å². The highest BCUT2D eigenvalue weighted by Gasteiger charge is 2.38. The van der Waals surface area contributed by atoms with E-state index < -0.39 is 0 Å². The van der Waals surface area contributed by atoms with E-state index in [0.717, 1.165) is 38.6 Å². The predicted octanol–water partition coefficient (Wildman–Crippen LogP) is 6.44. The van der Waals surface area contributed by atoms with Crippen molar-refractivity contribution < 1.29 is 9.59 Å². The number of nitrogens with one attached hydrogen (secondary N) is 1. The number of pyridine rings is 1. The van der Waals surface area contributed by atoms with Gasteiger partial charge in [0.05, 0.1) is 33.8 Å². The van der Waals surface area contributed by atoms with E-state index in [2.05, 4.69) is 10.3 Å². The Labute approximate surface area is 251 Å². The number of hydrogen-bond donors (Lipinski definition) is 1. The topological polar surface area (TPSA) is 80.1 Å². The third kappa shape index (κ3) is 5.53. The second-order valence-corrected chi connectivity index (χ2v) is 12.0. The summed E-state index contributed by atoms with van der Waals surface area (Å²) in [5.41, 5.74) is 5.10. The van der Waals surface area contributed by atoms with Crippen LogP contribution in [0.4, 0.5) is 5.82 Å². The molecule has 206 valence electrons. The minimum atomic E-state index is -0.286. The number of hydrogen-bond acceptors (Lipinski definition) is 6. The van der Waals surface area contributed by atoms with E-state index in [9.17, 15) is 9.59 Å². The highest BCUT2D eigenvalue weighted by atomic mass is 35.5. The Bertz CT molecular complexity index is 1710. The lowest BCUT2D eigenvalue weighted by Gasteiger charge is -2.23. The summed E-state index contributed by atoms with van der Waals surface area (Å²) in [7, 11) is 0. The minimum absolute atomic E-state index is 0.157. The van der Waals surface area contributed by atoms with Crippen LogP contribution in [0.2, 0.25) is 5.02 Å². The van der Waals surface area contributed by atoms with Crippen molar-refractivity contribution in [2.45, 2.75) is 18.7 Å². The highest BCUT2D eigenvalue weighted by molar-refractivity contribution is 8.00. The van der Waals surface area contributed by atoms with Gasteiger partial charge in [0.1, 0.15) is 18.1 Å². The molecular weight excluding hydrogens is 574 g/mol. The van der Waals surface area contributed by atoms with Crippen molar-refractivity contribution in [1.29, 1.82) is 0 Å². The van der Waals surface area contributed by atoms with Crippen LogP contribution in [0, 0.1) is 6.92 Å². The standard InChI is InChI=1S/C31H26ClN5O2S2/c1-20-9-2-5-13-24(20)37-31-28(29(35-37)25-14-8-16-40-25)30(22-11-3-4-12-23(22)32)41-19-27(39)36(31)18-26(38)34-17-21-10-6-7-15-33-21/h2-16,30H,17-19H2,1H3,(H,34,38). The van der Waals surface area contributed by atoms with E-state index in [1.807, 2.05) is 95.8 Å². The van der Waals surface area contributed by atoms with Crippen molar-refractivity contribution in [3.63, 3.8) is 0 Å². The number of carbonyl (C=O) groups excluding carboxylic acids is 2. The van der Waals surface area contributed by atoms with Crippen molar-refractivity contribution in [1.82, 2.24) is 20.1 Å². The quantitative estimate of drug-likeness (QED) is 0.233. The number of benzene rings is 2. The van der Waals surface area contributed by atoms with Gasteiger partial charge in [-0.05, 0) is 53.8 Å². The SMILES string of the molecule is Cc1ccccc1-n1nc(-c2cccs2)c2c1N(CC(=O)NCc1ccccn1)C(=O)CSC2c1ccccc1Cl. The number of thioether (sulfide) groups is 1. The first-order valence-electron chi connectivity index (χ1n) is 13.1. The lowest BCUT2D eigenvalue weighted by Crippen LogP contribution is -2.42. The summed E-state index contributed by atoms with van der Waals surface area (Å²) in [6.45, 7) is 2.12. The van der Waals surface area contributed by atoms with Gasteiger partial charge in [0.2, 0.25) is 11.8 Å². The fourth-order valence-electron chi connectivity index (χ4n) is 4.91. The molecule has 4 heterocycles. The number of fused-ring (bicyclic) bond motifs is 1. The summed E-state index contributed by atoms with van der Waals surface area (Å²) < 4.78 is 1.82. The monoisotopic (exact) mass is 599 g/mol. The Kier molecular flexibility index (Phi) is 7.91. The number of anilines is 1. The number of amides is 2. The van der Waals surface area contributed by atoms with E-state index in [1.54, 1.807) is 22.4 Å². The Morgan fingerprint density at radius 1 is 1.05 bits per heavy atom. The zero-order valence-electron chi connectivity index (χ0n) is 22.2. The Morgan fingerprint density at radius 2 is 1.85 bits per heavy atom. The Hall–Kier alpha value is -3.92. The summed E-state index contributed by atoms with van der Waals surface area (Å²) in [6.07, 6.45) is 1.69. The van der Waals surface area contributed by atoms with Crippen LogP contribution in [0.25, 0.3) is 16.3 Å². The Morgan fingerprint density at radius 3 is 2.61 bits per heavy atom. The zero-order chi connectivity index (χ0) is 28.3. The maximum atomic E-state index is 13.9. The first-order chi connectivity index (χ1) is 20.0. The first-order valence-corrected chi connectivity index (χ1v) is 15.4. The summed E-state index contributed by atoms with van der Waals surface area (Å²) >= 11 is 9.84. The van der Waals surface area contributed by atoms with E-state index in [-0.39, 0.29) is 35.9 Å². The van der Waals surface area contributed by atoms with Gasteiger partial charge >= 0.3 is 0 Å². The van der Waals surface area contributed by atoms with Crippen molar-refractivity contribution in [2.75, 3.05) is 17.2 Å². The molecule has 1 aliphatic rings. The van der Waals surface area contributed by atoms with Crippen LogP contribution in [-0.2, 0) is 16.1 Å². The summed E-state index contributed by atoms with van der Waals surface area (Å²) in [5, 5.41) is 10.4. The van der Waals surface area contributed by atoms with E-state index in [0.29, 0.717) is 10.8 Å². The molecule has 0 fully saturated rings.